The number of nitrogens with zero attached hydrogens (tertiary/aromatic N) is 3. The van der Waals surface area contributed by atoms with Gasteiger partial charge in [0.05, 0.1) is 4.90 Å². The summed E-state index contributed by atoms with van der Waals surface area (Å²) in [5, 5.41) is 0. The molecule has 19 heavy (non-hydrogen) atoms. The first-order valence-electron chi connectivity index (χ1n) is 6.17. The summed E-state index contributed by atoms with van der Waals surface area (Å²) in [7, 11) is 0.304. The predicted octanol–water partition coefficient (Wildman–Crippen LogP) is 0.625. The van der Waals surface area contributed by atoms with Gasteiger partial charge in [-0.1, -0.05) is 6.92 Å². The van der Waals surface area contributed by atoms with Crippen LogP contribution in [0.2, 0.25) is 0 Å². The molecule has 0 aliphatic heterocycles. The standard InChI is InChI=1S/C12H22N4O2S/c1-5-16(10(2)9-15(3)4)19(17,18)11-6-7-14-12(13)8-11/h6-8,10H,5,9H2,1-4H3,(H2,13,14). The number of aromatic nitrogens is 1. The molecule has 1 heterocycles. The summed E-state index contributed by atoms with van der Waals surface area (Å²) >= 11 is 0. The predicted molar refractivity (Wildman–Crippen MR) is 76.2 cm³/mol. The monoisotopic (exact) mass is 286 g/mol. The molecule has 108 valence electrons. The molecule has 1 aromatic heterocycles. The molecule has 1 atom stereocenters. The summed E-state index contributed by atoms with van der Waals surface area (Å²) in [5.74, 6) is 0.206. The summed E-state index contributed by atoms with van der Waals surface area (Å²) < 4.78 is 26.6. The van der Waals surface area contributed by atoms with Gasteiger partial charge < -0.3 is 10.6 Å². The molecule has 0 aliphatic carbocycles. The number of rotatable bonds is 6. The van der Waals surface area contributed by atoms with E-state index >= 15 is 0 Å². The molecule has 0 bridgehead atoms. The van der Waals surface area contributed by atoms with E-state index in [1.807, 2.05) is 32.8 Å². The van der Waals surface area contributed by atoms with Gasteiger partial charge in [-0.15, -0.1) is 0 Å². The molecule has 0 aromatic carbocycles. The summed E-state index contributed by atoms with van der Waals surface area (Å²) in [6.07, 6.45) is 1.41. The Hall–Kier alpha value is -1.18. The SMILES string of the molecule is CCN(C(C)CN(C)C)S(=O)(=O)c1ccnc(N)c1. The molecule has 6 nitrogen and oxygen atoms in total. The molecule has 0 saturated heterocycles. The maximum absolute atomic E-state index is 12.6. The third kappa shape index (κ3) is 3.89. The van der Waals surface area contributed by atoms with Crippen molar-refractivity contribution in [3.63, 3.8) is 0 Å². The van der Waals surface area contributed by atoms with Crippen molar-refractivity contribution in [3.05, 3.63) is 18.3 Å². The second-order valence-corrected chi connectivity index (χ2v) is 6.63. The van der Waals surface area contributed by atoms with Gasteiger partial charge in [-0.05, 0) is 27.1 Å². The van der Waals surface area contributed by atoms with Gasteiger partial charge in [0.15, 0.2) is 0 Å². The lowest BCUT2D eigenvalue weighted by molar-refractivity contribution is 0.271. The van der Waals surface area contributed by atoms with Gasteiger partial charge in [-0.3, -0.25) is 0 Å². The van der Waals surface area contributed by atoms with Crippen LogP contribution in [0.4, 0.5) is 5.82 Å². The first-order valence-corrected chi connectivity index (χ1v) is 7.61. The molecule has 0 radical (unpaired) electrons. The normalized spacial score (nSPS) is 14.0. The average molecular weight is 286 g/mol. The molecule has 7 heteroatoms. The number of pyridine rings is 1. The Labute approximate surface area is 115 Å². The topological polar surface area (TPSA) is 79.5 Å². The Bertz CT molecular complexity index is 516. The van der Waals surface area contributed by atoms with Gasteiger partial charge in [0, 0.05) is 31.4 Å². The van der Waals surface area contributed by atoms with E-state index < -0.39 is 10.0 Å². The van der Waals surface area contributed by atoms with E-state index in [0.717, 1.165) is 0 Å². The van der Waals surface area contributed by atoms with Crippen LogP contribution in [-0.2, 0) is 10.0 Å². The molecule has 0 saturated carbocycles. The van der Waals surface area contributed by atoms with Crippen LogP contribution < -0.4 is 5.73 Å². The molecule has 1 unspecified atom stereocenters. The highest BCUT2D eigenvalue weighted by molar-refractivity contribution is 7.89. The van der Waals surface area contributed by atoms with E-state index in [1.54, 1.807) is 0 Å². The van der Waals surface area contributed by atoms with Crippen molar-refractivity contribution in [3.8, 4) is 0 Å². The largest absolute Gasteiger partial charge is 0.384 e. The third-order valence-corrected chi connectivity index (χ3v) is 4.88. The van der Waals surface area contributed by atoms with Crippen LogP contribution in [0.1, 0.15) is 13.8 Å². The lowest BCUT2D eigenvalue weighted by Crippen LogP contribution is -2.43. The summed E-state index contributed by atoms with van der Waals surface area (Å²) in [5.41, 5.74) is 5.55. The van der Waals surface area contributed by atoms with Crippen molar-refractivity contribution in [1.82, 2.24) is 14.2 Å². The fourth-order valence-electron chi connectivity index (χ4n) is 2.06. The zero-order valence-corrected chi connectivity index (χ0v) is 12.7. The van der Waals surface area contributed by atoms with Gasteiger partial charge in [0.2, 0.25) is 10.0 Å². The zero-order valence-electron chi connectivity index (χ0n) is 11.9. The molecule has 0 spiro atoms. The van der Waals surface area contributed by atoms with Gasteiger partial charge in [-0.25, -0.2) is 13.4 Å². The van der Waals surface area contributed by atoms with Crippen LogP contribution in [-0.4, -0.2) is 55.8 Å². The molecule has 1 rings (SSSR count). The fraction of sp³-hybridized carbons (Fsp3) is 0.583. The van der Waals surface area contributed by atoms with E-state index in [-0.39, 0.29) is 16.8 Å². The van der Waals surface area contributed by atoms with Crippen LogP contribution in [0.3, 0.4) is 0 Å². The maximum atomic E-state index is 12.6. The van der Waals surface area contributed by atoms with Crippen molar-refractivity contribution in [1.29, 1.82) is 0 Å². The number of nitrogen functional groups attached to an aromatic ring is 1. The second kappa shape index (κ2) is 6.31. The number of nitrogens with two attached hydrogens (primary N) is 1. The Morgan fingerprint density at radius 3 is 2.53 bits per heavy atom. The van der Waals surface area contributed by atoms with Crippen molar-refractivity contribution >= 4 is 15.8 Å². The molecular formula is C12H22N4O2S. The molecular weight excluding hydrogens is 264 g/mol. The molecule has 2 N–H and O–H groups in total. The number of hydrogen-bond acceptors (Lipinski definition) is 5. The Morgan fingerprint density at radius 2 is 2.05 bits per heavy atom. The fourth-order valence-corrected chi connectivity index (χ4v) is 3.72. The van der Waals surface area contributed by atoms with E-state index in [1.165, 1.54) is 22.6 Å². The maximum Gasteiger partial charge on any atom is 0.243 e. The second-order valence-electron chi connectivity index (χ2n) is 4.74. The quantitative estimate of drug-likeness (QED) is 0.829. The highest BCUT2D eigenvalue weighted by Crippen LogP contribution is 2.19. The van der Waals surface area contributed by atoms with Crippen LogP contribution in [0.25, 0.3) is 0 Å². The Kier molecular flexibility index (Phi) is 5.28. The van der Waals surface area contributed by atoms with Crippen LogP contribution in [0, 0.1) is 0 Å². The minimum atomic E-state index is -3.53. The van der Waals surface area contributed by atoms with E-state index in [2.05, 4.69) is 4.98 Å². The molecule has 1 aromatic rings. The summed E-state index contributed by atoms with van der Waals surface area (Å²) in [6, 6.07) is 2.75. The van der Waals surface area contributed by atoms with Crippen molar-refractivity contribution in [2.75, 3.05) is 32.9 Å². The molecule has 0 aliphatic rings. The highest BCUT2D eigenvalue weighted by atomic mass is 32.2. The van der Waals surface area contributed by atoms with Gasteiger partial charge in [0.25, 0.3) is 0 Å². The highest BCUT2D eigenvalue weighted by Gasteiger charge is 2.28. The first kappa shape index (κ1) is 15.9. The first-order chi connectivity index (χ1) is 8.78. The summed E-state index contributed by atoms with van der Waals surface area (Å²) in [4.78, 5) is 5.97. The Balaban J connectivity index is 3.09. The number of sulfonamides is 1. The molecule has 0 fully saturated rings. The number of likely N-dealkylation sites (N-methyl/N-ethyl adjacent to an activating group) is 2. The van der Waals surface area contributed by atoms with Crippen LogP contribution >= 0.6 is 0 Å². The minimum Gasteiger partial charge on any atom is -0.384 e. The Morgan fingerprint density at radius 1 is 1.42 bits per heavy atom. The minimum absolute atomic E-state index is 0.112. The third-order valence-electron chi connectivity index (χ3n) is 2.79. The van der Waals surface area contributed by atoms with Crippen LogP contribution in [0.5, 0.6) is 0 Å². The number of hydrogen-bond donors (Lipinski definition) is 1. The lowest BCUT2D eigenvalue weighted by Gasteiger charge is -2.29. The van der Waals surface area contributed by atoms with Crippen LogP contribution in [0.15, 0.2) is 23.2 Å². The van der Waals surface area contributed by atoms with E-state index in [0.29, 0.717) is 13.1 Å². The van der Waals surface area contributed by atoms with Crippen molar-refractivity contribution in [2.45, 2.75) is 24.8 Å². The van der Waals surface area contributed by atoms with Gasteiger partial charge in [-0.2, -0.15) is 4.31 Å². The molecule has 0 amide bonds. The lowest BCUT2D eigenvalue weighted by atomic mass is 10.3. The zero-order chi connectivity index (χ0) is 14.6. The van der Waals surface area contributed by atoms with E-state index in [4.69, 9.17) is 5.73 Å². The summed E-state index contributed by atoms with van der Waals surface area (Å²) in [6.45, 7) is 4.80. The van der Waals surface area contributed by atoms with Crippen molar-refractivity contribution < 1.29 is 8.42 Å². The average Bonchev–Trinajstić information content (AvgIpc) is 2.28. The number of anilines is 1. The van der Waals surface area contributed by atoms with E-state index in [9.17, 15) is 8.42 Å². The van der Waals surface area contributed by atoms with Gasteiger partial charge in [0.1, 0.15) is 5.82 Å². The van der Waals surface area contributed by atoms with Gasteiger partial charge >= 0.3 is 0 Å². The van der Waals surface area contributed by atoms with Crippen molar-refractivity contribution in [2.24, 2.45) is 0 Å². The smallest absolute Gasteiger partial charge is 0.243 e.